The predicted octanol–water partition coefficient (Wildman–Crippen LogP) is 7.15. The number of methoxy groups -OCH3 is 2. The van der Waals surface area contributed by atoms with Gasteiger partial charge in [0.25, 0.3) is 11.8 Å². The number of thioether (sulfide) groups is 1. The van der Waals surface area contributed by atoms with E-state index in [1.165, 1.54) is 26.0 Å². The van der Waals surface area contributed by atoms with E-state index in [4.69, 9.17) is 32.7 Å². The molecule has 4 aromatic carbocycles. The lowest BCUT2D eigenvalue weighted by Gasteiger charge is -2.13. The summed E-state index contributed by atoms with van der Waals surface area (Å²) in [5.74, 6) is -0.319. The highest BCUT2D eigenvalue weighted by Crippen LogP contribution is 2.36. The molecular weight excluding hydrogens is 609 g/mol. The topological polar surface area (TPSA) is 106 Å². The maximum absolute atomic E-state index is 13.3. The zero-order valence-corrected chi connectivity index (χ0v) is 25.5. The van der Waals surface area contributed by atoms with Crippen molar-refractivity contribution in [1.29, 1.82) is 0 Å². The average molecular weight is 637 g/mol. The third-order valence-electron chi connectivity index (χ3n) is 5.92. The fraction of sp³-hybridized carbons (Fsp3) is 0.0938. The van der Waals surface area contributed by atoms with Crippen molar-refractivity contribution in [2.24, 2.45) is 0 Å². The van der Waals surface area contributed by atoms with Crippen molar-refractivity contribution < 1.29 is 23.9 Å². The number of hydrogen-bond donors (Lipinski definition) is 3. The van der Waals surface area contributed by atoms with Gasteiger partial charge in [-0.1, -0.05) is 59.6 Å². The minimum Gasteiger partial charge on any atom is -0.495 e. The summed E-state index contributed by atoms with van der Waals surface area (Å²) in [4.78, 5) is 39.6. The summed E-state index contributed by atoms with van der Waals surface area (Å²) >= 11 is 13.5. The molecule has 0 aliphatic heterocycles. The Morgan fingerprint density at radius 3 is 2.23 bits per heavy atom. The molecule has 4 aromatic rings. The van der Waals surface area contributed by atoms with E-state index in [9.17, 15) is 14.4 Å². The Morgan fingerprint density at radius 1 is 0.814 bits per heavy atom. The highest BCUT2D eigenvalue weighted by atomic mass is 35.5. The van der Waals surface area contributed by atoms with E-state index < -0.39 is 11.8 Å². The molecule has 4 rings (SSSR count). The van der Waals surface area contributed by atoms with Gasteiger partial charge < -0.3 is 25.4 Å². The second-order valence-electron chi connectivity index (χ2n) is 8.94. The zero-order chi connectivity index (χ0) is 30.8. The molecule has 43 heavy (non-hydrogen) atoms. The van der Waals surface area contributed by atoms with Crippen LogP contribution >= 0.6 is 35.0 Å². The monoisotopic (exact) mass is 635 g/mol. The summed E-state index contributed by atoms with van der Waals surface area (Å²) in [7, 11) is 2.97. The lowest BCUT2D eigenvalue weighted by atomic mass is 10.1. The molecule has 0 atom stereocenters. The molecule has 0 bridgehead atoms. The van der Waals surface area contributed by atoms with Gasteiger partial charge in [-0.15, -0.1) is 11.8 Å². The van der Waals surface area contributed by atoms with E-state index in [2.05, 4.69) is 16.0 Å². The number of amides is 3. The average Bonchev–Trinajstić information content (AvgIpc) is 3.01. The number of carbonyl (C=O) groups excluding carboxylic acids is 3. The third-order valence-corrected chi connectivity index (χ3v) is 7.46. The Morgan fingerprint density at radius 2 is 1.53 bits per heavy atom. The van der Waals surface area contributed by atoms with Crippen molar-refractivity contribution in [3.8, 4) is 11.5 Å². The van der Waals surface area contributed by atoms with E-state index in [1.54, 1.807) is 91.0 Å². The van der Waals surface area contributed by atoms with Crippen molar-refractivity contribution >= 4 is 70.1 Å². The fourth-order valence-electron chi connectivity index (χ4n) is 3.82. The standard InChI is InChI=1S/C32H27Cl2N3O5S/c1-41-28-18-29(42-2)26(17-25(28)34)36-30(38)19-43-24-10-6-9-23(16-24)35-32(40)27(15-20-11-13-22(33)14-12-20)37-31(39)21-7-4-3-5-8-21/h3-18H,19H2,1-2H3,(H,35,40)(H,36,38)(H,37,39)/b27-15+. The van der Waals surface area contributed by atoms with E-state index in [-0.39, 0.29) is 17.4 Å². The SMILES string of the molecule is COc1cc(OC)c(NC(=O)CSc2cccc(NC(=O)/C(=C\c3ccc(Cl)cc3)NC(=O)c3ccccc3)c2)cc1Cl. The number of anilines is 2. The maximum atomic E-state index is 13.3. The van der Waals surface area contributed by atoms with E-state index in [1.807, 2.05) is 6.07 Å². The molecule has 0 unspecified atom stereocenters. The Kier molecular flexibility index (Phi) is 11.1. The van der Waals surface area contributed by atoms with Crippen molar-refractivity contribution in [2.45, 2.75) is 4.90 Å². The summed E-state index contributed by atoms with van der Waals surface area (Å²) < 4.78 is 10.5. The number of ether oxygens (including phenoxy) is 2. The number of nitrogens with one attached hydrogen (secondary N) is 3. The van der Waals surface area contributed by atoms with Gasteiger partial charge in [-0.25, -0.2) is 0 Å². The molecule has 0 spiro atoms. The molecule has 11 heteroatoms. The molecule has 0 saturated carbocycles. The Bertz CT molecular complexity index is 1650. The molecule has 0 aromatic heterocycles. The van der Waals surface area contributed by atoms with Gasteiger partial charge in [0.2, 0.25) is 5.91 Å². The van der Waals surface area contributed by atoms with Crippen LogP contribution in [0.5, 0.6) is 11.5 Å². The third kappa shape index (κ3) is 9.02. The quantitative estimate of drug-likeness (QED) is 0.119. The summed E-state index contributed by atoms with van der Waals surface area (Å²) in [5.41, 5.74) is 2.02. The molecule has 0 radical (unpaired) electrons. The molecular formula is C32H27Cl2N3O5S. The minimum absolute atomic E-state index is 0.0423. The number of hydrogen-bond acceptors (Lipinski definition) is 6. The zero-order valence-electron chi connectivity index (χ0n) is 23.2. The van der Waals surface area contributed by atoms with Crippen LogP contribution in [0.25, 0.3) is 6.08 Å². The summed E-state index contributed by atoms with van der Waals surface area (Å²) in [6.07, 6.45) is 1.56. The number of rotatable bonds is 11. The molecule has 220 valence electrons. The maximum Gasteiger partial charge on any atom is 0.272 e. The Labute approximate surface area is 263 Å². The molecule has 3 N–H and O–H groups in total. The molecule has 0 aliphatic rings. The minimum atomic E-state index is -0.525. The van der Waals surface area contributed by atoms with Crippen LogP contribution in [0.2, 0.25) is 10.0 Å². The molecule has 8 nitrogen and oxygen atoms in total. The van der Waals surface area contributed by atoms with Gasteiger partial charge in [0.15, 0.2) is 0 Å². The van der Waals surface area contributed by atoms with Crippen LogP contribution in [-0.2, 0) is 9.59 Å². The van der Waals surface area contributed by atoms with Crippen molar-refractivity contribution in [2.75, 3.05) is 30.6 Å². The number of carbonyl (C=O) groups is 3. The van der Waals surface area contributed by atoms with E-state index in [0.29, 0.717) is 44.0 Å². The second-order valence-corrected chi connectivity index (χ2v) is 10.8. The first kappa shape index (κ1) is 31.5. The van der Waals surface area contributed by atoms with Crippen molar-refractivity contribution in [3.63, 3.8) is 0 Å². The summed E-state index contributed by atoms with van der Waals surface area (Å²) in [5, 5.41) is 9.21. The Balaban J connectivity index is 1.44. The lowest BCUT2D eigenvalue weighted by molar-refractivity contribution is -0.114. The first-order valence-electron chi connectivity index (χ1n) is 12.8. The second kappa shape index (κ2) is 15.2. The fourth-order valence-corrected chi connectivity index (χ4v) is 4.94. The number of benzene rings is 4. The summed E-state index contributed by atoms with van der Waals surface area (Å²) in [6, 6.07) is 25.6. The van der Waals surface area contributed by atoms with Crippen LogP contribution in [0.1, 0.15) is 15.9 Å². The lowest BCUT2D eigenvalue weighted by Crippen LogP contribution is -2.30. The van der Waals surface area contributed by atoms with Gasteiger partial charge in [0, 0.05) is 27.2 Å². The van der Waals surface area contributed by atoms with Gasteiger partial charge in [-0.2, -0.15) is 0 Å². The van der Waals surface area contributed by atoms with Crippen LogP contribution in [0.3, 0.4) is 0 Å². The van der Waals surface area contributed by atoms with Gasteiger partial charge in [0.05, 0.1) is 30.7 Å². The van der Waals surface area contributed by atoms with Crippen LogP contribution in [0, 0.1) is 0 Å². The largest absolute Gasteiger partial charge is 0.495 e. The van der Waals surface area contributed by atoms with Crippen LogP contribution in [0.15, 0.2) is 102 Å². The molecule has 0 fully saturated rings. The smallest absolute Gasteiger partial charge is 0.272 e. The van der Waals surface area contributed by atoms with Gasteiger partial charge in [-0.05, 0) is 60.2 Å². The van der Waals surface area contributed by atoms with Gasteiger partial charge in [0.1, 0.15) is 17.2 Å². The van der Waals surface area contributed by atoms with Crippen LogP contribution < -0.4 is 25.4 Å². The van der Waals surface area contributed by atoms with Crippen molar-refractivity contribution in [1.82, 2.24) is 5.32 Å². The van der Waals surface area contributed by atoms with Gasteiger partial charge in [-0.3, -0.25) is 14.4 Å². The van der Waals surface area contributed by atoms with Gasteiger partial charge >= 0.3 is 0 Å². The highest BCUT2D eigenvalue weighted by Gasteiger charge is 2.16. The van der Waals surface area contributed by atoms with E-state index >= 15 is 0 Å². The number of halogens is 2. The molecule has 0 heterocycles. The first-order valence-corrected chi connectivity index (χ1v) is 14.6. The summed E-state index contributed by atoms with van der Waals surface area (Å²) in [6.45, 7) is 0. The van der Waals surface area contributed by atoms with Crippen molar-refractivity contribution in [3.05, 3.63) is 118 Å². The van der Waals surface area contributed by atoms with E-state index in [0.717, 1.165) is 4.90 Å². The van der Waals surface area contributed by atoms with Crippen LogP contribution in [0.4, 0.5) is 11.4 Å². The Hall–Kier alpha value is -4.44. The predicted molar refractivity (Wildman–Crippen MR) is 172 cm³/mol. The molecule has 3 amide bonds. The highest BCUT2D eigenvalue weighted by molar-refractivity contribution is 8.00. The molecule has 0 saturated heterocycles. The normalized spacial score (nSPS) is 10.9. The van der Waals surface area contributed by atoms with Crippen LogP contribution in [-0.4, -0.2) is 37.7 Å². The molecule has 0 aliphatic carbocycles. The first-order chi connectivity index (χ1) is 20.7.